The molecule has 0 radical (unpaired) electrons. The average molecular weight is 282 g/mol. The molecule has 0 fully saturated rings. The van der Waals surface area contributed by atoms with E-state index in [9.17, 15) is 14.9 Å². The number of cyclic esters (lactones) is 1. The van der Waals surface area contributed by atoms with E-state index in [1.54, 1.807) is 12.1 Å². The molecule has 6 nitrogen and oxygen atoms in total. The summed E-state index contributed by atoms with van der Waals surface area (Å²) in [6, 6.07) is 14.1. The smallest absolute Gasteiger partial charge is 0.342 e. The molecule has 1 aliphatic rings. The molecule has 0 aromatic heterocycles. The predicted molar refractivity (Wildman–Crippen MR) is 74.9 cm³/mol. The highest BCUT2D eigenvalue weighted by Gasteiger charge is 2.31. The van der Waals surface area contributed by atoms with Gasteiger partial charge in [0.25, 0.3) is 5.69 Å². The lowest BCUT2D eigenvalue weighted by atomic mass is 10.1. The van der Waals surface area contributed by atoms with Crippen LogP contribution in [0.2, 0.25) is 0 Å². The quantitative estimate of drug-likeness (QED) is 0.492. The van der Waals surface area contributed by atoms with Gasteiger partial charge in [0.2, 0.25) is 5.90 Å². The number of nitrogens with zero attached hydrogens (tertiary/aromatic N) is 2. The zero-order chi connectivity index (χ0) is 14.8. The van der Waals surface area contributed by atoms with E-state index in [4.69, 9.17) is 4.74 Å². The van der Waals surface area contributed by atoms with Gasteiger partial charge in [0.05, 0.1) is 4.92 Å². The maximum Gasteiger partial charge on any atom is 0.342 e. The van der Waals surface area contributed by atoms with Crippen LogP contribution in [0, 0.1) is 10.1 Å². The summed E-state index contributed by atoms with van der Waals surface area (Å²) >= 11 is 0. The summed E-state index contributed by atoms with van der Waals surface area (Å²) in [7, 11) is 0. The van der Waals surface area contributed by atoms with Crippen molar-refractivity contribution in [2.75, 3.05) is 0 Å². The van der Waals surface area contributed by atoms with Crippen LogP contribution in [0.25, 0.3) is 0 Å². The van der Waals surface area contributed by atoms with Gasteiger partial charge in [-0.15, -0.1) is 0 Å². The molecular weight excluding hydrogens is 272 g/mol. The molecule has 1 aliphatic heterocycles. The number of ether oxygens (including phenoxy) is 1. The van der Waals surface area contributed by atoms with E-state index in [2.05, 4.69) is 4.99 Å². The number of non-ortho nitro benzene ring substituents is 1. The monoisotopic (exact) mass is 282 g/mol. The van der Waals surface area contributed by atoms with Crippen LogP contribution in [0.15, 0.2) is 59.6 Å². The molecule has 0 bridgehead atoms. The van der Waals surface area contributed by atoms with Crippen LogP contribution in [-0.4, -0.2) is 16.8 Å². The minimum atomic E-state index is -0.684. The number of carbonyl (C=O) groups excluding carboxylic acids is 1. The van der Waals surface area contributed by atoms with Gasteiger partial charge >= 0.3 is 5.97 Å². The molecule has 1 atom stereocenters. The molecule has 0 aliphatic carbocycles. The first-order valence-corrected chi connectivity index (χ1v) is 6.24. The SMILES string of the molecule is O=C1OC(c2ccc([N+](=O)[O-])cc2)=NC1c1ccccc1. The van der Waals surface area contributed by atoms with Gasteiger partial charge in [0, 0.05) is 17.7 Å². The van der Waals surface area contributed by atoms with Crippen molar-refractivity contribution in [1.29, 1.82) is 0 Å². The van der Waals surface area contributed by atoms with Gasteiger partial charge in [-0.2, -0.15) is 0 Å². The van der Waals surface area contributed by atoms with Crippen molar-refractivity contribution < 1.29 is 14.5 Å². The average Bonchev–Trinajstić information content (AvgIpc) is 2.90. The molecule has 6 heteroatoms. The zero-order valence-corrected chi connectivity index (χ0v) is 10.8. The third kappa shape index (κ3) is 2.51. The standard InChI is InChI=1S/C15H10N2O4/c18-15-13(10-4-2-1-3-5-10)16-14(21-15)11-6-8-12(9-7-11)17(19)20/h1-9,13H. The van der Waals surface area contributed by atoms with E-state index in [1.165, 1.54) is 24.3 Å². The van der Waals surface area contributed by atoms with Crippen LogP contribution < -0.4 is 0 Å². The maximum atomic E-state index is 11.9. The topological polar surface area (TPSA) is 81.8 Å². The van der Waals surface area contributed by atoms with Crippen LogP contribution in [0.1, 0.15) is 17.2 Å². The Bertz CT molecular complexity index is 723. The maximum absolute atomic E-state index is 11.9. The van der Waals surface area contributed by atoms with Crippen LogP contribution in [-0.2, 0) is 9.53 Å². The second-order valence-corrected chi connectivity index (χ2v) is 4.47. The van der Waals surface area contributed by atoms with Crippen molar-refractivity contribution in [2.45, 2.75) is 6.04 Å². The Morgan fingerprint density at radius 2 is 1.71 bits per heavy atom. The number of benzene rings is 2. The molecule has 1 heterocycles. The predicted octanol–water partition coefficient (Wildman–Crippen LogP) is 2.64. The number of nitro groups is 1. The van der Waals surface area contributed by atoms with Gasteiger partial charge in [0.1, 0.15) is 0 Å². The molecule has 0 N–H and O–H groups in total. The fourth-order valence-electron chi connectivity index (χ4n) is 2.05. The lowest BCUT2D eigenvalue weighted by Gasteiger charge is -2.01. The fourth-order valence-corrected chi connectivity index (χ4v) is 2.05. The van der Waals surface area contributed by atoms with Gasteiger partial charge in [-0.05, 0) is 17.7 Å². The Hall–Kier alpha value is -3.02. The van der Waals surface area contributed by atoms with Crippen LogP contribution in [0.3, 0.4) is 0 Å². The summed E-state index contributed by atoms with van der Waals surface area (Å²) in [5, 5.41) is 10.6. The lowest BCUT2D eigenvalue weighted by molar-refractivity contribution is -0.384. The number of esters is 1. The van der Waals surface area contributed by atoms with E-state index in [-0.39, 0.29) is 11.6 Å². The van der Waals surface area contributed by atoms with E-state index < -0.39 is 16.9 Å². The van der Waals surface area contributed by atoms with E-state index in [1.807, 2.05) is 18.2 Å². The van der Waals surface area contributed by atoms with Gasteiger partial charge in [-0.25, -0.2) is 9.79 Å². The molecule has 0 saturated carbocycles. The van der Waals surface area contributed by atoms with Gasteiger partial charge in [0.15, 0.2) is 6.04 Å². The van der Waals surface area contributed by atoms with Gasteiger partial charge in [-0.3, -0.25) is 10.1 Å². The van der Waals surface area contributed by atoms with Crippen molar-refractivity contribution in [2.24, 2.45) is 4.99 Å². The Balaban J connectivity index is 1.90. The molecule has 104 valence electrons. The minimum Gasteiger partial charge on any atom is -0.405 e. The van der Waals surface area contributed by atoms with Crippen LogP contribution >= 0.6 is 0 Å². The van der Waals surface area contributed by atoms with Crippen molar-refractivity contribution >= 4 is 17.6 Å². The largest absolute Gasteiger partial charge is 0.405 e. The first-order chi connectivity index (χ1) is 10.1. The van der Waals surface area contributed by atoms with E-state index in [0.717, 1.165) is 5.56 Å². The Morgan fingerprint density at radius 1 is 1.05 bits per heavy atom. The first kappa shape index (κ1) is 13.0. The number of hydrogen-bond acceptors (Lipinski definition) is 5. The van der Waals surface area contributed by atoms with Crippen molar-refractivity contribution in [1.82, 2.24) is 0 Å². The first-order valence-electron chi connectivity index (χ1n) is 6.24. The molecule has 3 rings (SSSR count). The molecule has 2 aromatic rings. The summed E-state index contributed by atoms with van der Waals surface area (Å²) in [5.74, 6) is -0.265. The second kappa shape index (κ2) is 5.16. The molecule has 1 unspecified atom stereocenters. The van der Waals surface area contributed by atoms with Crippen molar-refractivity contribution in [3.63, 3.8) is 0 Å². The zero-order valence-electron chi connectivity index (χ0n) is 10.8. The van der Waals surface area contributed by atoms with Gasteiger partial charge < -0.3 is 4.74 Å². The molecule has 0 spiro atoms. The normalized spacial score (nSPS) is 17.2. The Labute approximate surface area is 119 Å². The number of nitro benzene ring substituents is 1. The van der Waals surface area contributed by atoms with E-state index >= 15 is 0 Å². The summed E-state index contributed by atoms with van der Waals surface area (Å²) in [5.41, 5.74) is 1.26. The highest BCUT2D eigenvalue weighted by Crippen LogP contribution is 2.26. The molecule has 0 amide bonds. The number of hydrogen-bond donors (Lipinski definition) is 0. The number of aliphatic imine (C=N–C) groups is 1. The fraction of sp³-hybridized carbons (Fsp3) is 0.0667. The summed E-state index contributed by atoms with van der Waals surface area (Å²) in [6.45, 7) is 0. The van der Waals surface area contributed by atoms with Crippen molar-refractivity contribution in [3.8, 4) is 0 Å². The molecule has 2 aromatic carbocycles. The molecule has 21 heavy (non-hydrogen) atoms. The van der Waals surface area contributed by atoms with Crippen LogP contribution in [0.4, 0.5) is 5.69 Å². The van der Waals surface area contributed by atoms with Gasteiger partial charge in [-0.1, -0.05) is 30.3 Å². The highest BCUT2D eigenvalue weighted by atomic mass is 16.6. The van der Waals surface area contributed by atoms with Crippen LogP contribution in [0.5, 0.6) is 0 Å². The summed E-state index contributed by atoms with van der Waals surface area (Å²) in [4.78, 5) is 26.3. The highest BCUT2D eigenvalue weighted by molar-refractivity contribution is 6.06. The minimum absolute atomic E-state index is 0.0247. The number of carbonyl (C=O) groups is 1. The Morgan fingerprint density at radius 3 is 2.33 bits per heavy atom. The third-order valence-electron chi connectivity index (χ3n) is 3.11. The molecular formula is C15H10N2O4. The third-order valence-corrected chi connectivity index (χ3v) is 3.11. The Kier molecular flexibility index (Phi) is 3.19. The lowest BCUT2D eigenvalue weighted by Crippen LogP contribution is -2.08. The summed E-state index contributed by atoms with van der Waals surface area (Å²) < 4.78 is 5.16. The number of rotatable bonds is 3. The van der Waals surface area contributed by atoms with E-state index in [0.29, 0.717) is 5.56 Å². The van der Waals surface area contributed by atoms with Crippen molar-refractivity contribution in [3.05, 3.63) is 75.8 Å². The summed E-state index contributed by atoms with van der Waals surface area (Å²) in [6.07, 6.45) is 0. The second-order valence-electron chi connectivity index (χ2n) is 4.47. The molecule has 0 saturated heterocycles.